The summed E-state index contributed by atoms with van der Waals surface area (Å²) in [4.78, 5) is 17.5. The zero-order valence-electron chi connectivity index (χ0n) is 17.0. The molecule has 1 aliphatic rings. The van der Waals surface area contributed by atoms with Crippen molar-refractivity contribution in [1.82, 2.24) is 9.88 Å². The zero-order valence-corrected chi connectivity index (χ0v) is 18.6. The van der Waals surface area contributed by atoms with Gasteiger partial charge in [-0.2, -0.15) is 0 Å². The van der Waals surface area contributed by atoms with Gasteiger partial charge in [-0.05, 0) is 37.1 Å². The molecular weight excluding hydrogens is 454 g/mol. The molecule has 4 rings (SSSR count). The predicted molar refractivity (Wildman–Crippen MR) is 115 cm³/mol. The minimum atomic E-state index is -0.684. The van der Waals surface area contributed by atoms with Gasteiger partial charge in [0, 0.05) is 39.2 Å². The van der Waals surface area contributed by atoms with Gasteiger partial charge in [0.15, 0.2) is 0 Å². The highest BCUT2D eigenvalue weighted by Crippen LogP contribution is 2.43. The molecule has 0 spiro atoms. The summed E-state index contributed by atoms with van der Waals surface area (Å²) in [5, 5.41) is 1.06. The average molecular weight is 477 g/mol. The van der Waals surface area contributed by atoms with Crippen molar-refractivity contribution in [3.8, 4) is 0 Å². The summed E-state index contributed by atoms with van der Waals surface area (Å²) < 4.78 is 35.4. The highest BCUT2D eigenvalue weighted by molar-refractivity contribution is 9.10. The number of benzene rings is 2. The van der Waals surface area contributed by atoms with E-state index in [1.165, 1.54) is 19.2 Å². The lowest BCUT2D eigenvalue weighted by molar-refractivity contribution is -0.145. The standard InChI is InChI=1S/C23H23BrF2N2O2/c1-12(23(29)30-3)11-28-13(2)8-16-15-6-4-5-7-19(15)27-21(16)22(28)20-17(25)9-14(24)10-18(20)26/h4-7,9-10,12-13,22,27H,8,11H2,1-3H3/t12-,13+,22+/m0/s1. The fraction of sp³-hybridized carbons (Fsp3) is 0.348. The number of nitrogens with zero attached hydrogens (tertiary/aromatic N) is 1. The van der Waals surface area contributed by atoms with Gasteiger partial charge >= 0.3 is 5.97 Å². The van der Waals surface area contributed by atoms with E-state index in [-0.39, 0.29) is 17.6 Å². The summed E-state index contributed by atoms with van der Waals surface area (Å²) in [6, 6.07) is 9.72. The van der Waals surface area contributed by atoms with E-state index >= 15 is 8.78 Å². The molecule has 0 saturated heterocycles. The summed E-state index contributed by atoms with van der Waals surface area (Å²) in [6.07, 6.45) is 0.712. The van der Waals surface area contributed by atoms with Crippen LogP contribution in [-0.2, 0) is 16.0 Å². The Hall–Kier alpha value is -2.25. The maximum Gasteiger partial charge on any atom is 0.309 e. The number of esters is 1. The van der Waals surface area contributed by atoms with Crippen LogP contribution in [0.3, 0.4) is 0 Å². The number of rotatable bonds is 4. The number of nitrogens with one attached hydrogen (secondary N) is 1. The van der Waals surface area contributed by atoms with Crippen LogP contribution in [0.25, 0.3) is 10.9 Å². The highest BCUT2D eigenvalue weighted by Gasteiger charge is 2.39. The minimum absolute atomic E-state index is 0.0189. The number of H-pyrrole nitrogens is 1. The first-order valence-electron chi connectivity index (χ1n) is 9.89. The normalized spacial score (nSPS) is 20.2. The highest BCUT2D eigenvalue weighted by atomic mass is 79.9. The first-order valence-corrected chi connectivity index (χ1v) is 10.7. The molecular formula is C23H23BrF2N2O2. The number of para-hydroxylation sites is 1. The Labute approximate surface area is 182 Å². The molecule has 3 aromatic rings. The Balaban J connectivity index is 1.91. The number of halogens is 3. The fourth-order valence-corrected chi connectivity index (χ4v) is 4.91. The van der Waals surface area contributed by atoms with Crippen LogP contribution in [0.1, 0.15) is 36.7 Å². The van der Waals surface area contributed by atoms with Gasteiger partial charge in [-0.1, -0.05) is 41.1 Å². The third-order valence-electron chi connectivity index (χ3n) is 5.92. The van der Waals surface area contributed by atoms with E-state index in [1.54, 1.807) is 6.92 Å². The number of hydrogen-bond donors (Lipinski definition) is 1. The SMILES string of the molecule is COC(=O)[C@@H](C)CN1[C@H](c2c(F)cc(Br)cc2F)c2[nH]c3ccccc3c2C[C@H]1C. The van der Waals surface area contributed by atoms with Gasteiger partial charge < -0.3 is 9.72 Å². The van der Waals surface area contributed by atoms with Crippen molar-refractivity contribution in [1.29, 1.82) is 0 Å². The molecule has 0 unspecified atom stereocenters. The summed E-state index contributed by atoms with van der Waals surface area (Å²) >= 11 is 3.16. The number of methoxy groups -OCH3 is 1. The van der Waals surface area contributed by atoms with Gasteiger partial charge in [0.1, 0.15) is 11.6 Å². The quantitative estimate of drug-likeness (QED) is 0.516. The fourth-order valence-electron chi connectivity index (χ4n) is 4.51. The van der Waals surface area contributed by atoms with Gasteiger partial charge in [0.05, 0.1) is 19.1 Å². The molecule has 7 heteroatoms. The van der Waals surface area contributed by atoms with Crippen LogP contribution in [0.4, 0.5) is 8.78 Å². The molecule has 0 bridgehead atoms. The van der Waals surface area contributed by atoms with E-state index in [2.05, 4.69) is 20.9 Å². The molecule has 0 aliphatic carbocycles. The topological polar surface area (TPSA) is 45.3 Å². The van der Waals surface area contributed by atoms with Gasteiger partial charge in [0.2, 0.25) is 0 Å². The molecule has 0 amide bonds. The van der Waals surface area contributed by atoms with Crippen LogP contribution >= 0.6 is 15.9 Å². The lowest BCUT2D eigenvalue weighted by Crippen LogP contribution is -2.46. The number of ether oxygens (including phenoxy) is 1. The molecule has 1 N–H and O–H groups in total. The summed E-state index contributed by atoms with van der Waals surface area (Å²) in [6.45, 7) is 4.11. The van der Waals surface area contributed by atoms with Crippen molar-refractivity contribution >= 4 is 32.8 Å². The number of aromatic nitrogens is 1. The van der Waals surface area contributed by atoms with Gasteiger partial charge in [0.25, 0.3) is 0 Å². The first kappa shape index (κ1) is 21.0. The van der Waals surface area contributed by atoms with Crippen molar-refractivity contribution in [3.63, 3.8) is 0 Å². The van der Waals surface area contributed by atoms with Crippen molar-refractivity contribution in [2.24, 2.45) is 5.92 Å². The monoisotopic (exact) mass is 476 g/mol. The molecule has 158 valence electrons. The van der Waals surface area contributed by atoms with Crippen molar-refractivity contribution in [2.75, 3.05) is 13.7 Å². The van der Waals surface area contributed by atoms with Crippen LogP contribution in [0.2, 0.25) is 0 Å². The largest absolute Gasteiger partial charge is 0.469 e. The summed E-state index contributed by atoms with van der Waals surface area (Å²) in [7, 11) is 1.35. The number of carbonyl (C=O) groups excluding carboxylic acids is 1. The minimum Gasteiger partial charge on any atom is -0.469 e. The lowest BCUT2D eigenvalue weighted by atomic mass is 9.87. The average Bonchev–Trinajstić information content (AvgIpc) is 3.06. The second kappa shape index (κ2) is 8.12. The maximum atomic E-state index is 15.1. The molecule has 4 nitrogen and oxygen atoms in total. The van der Waals surface area contributed by atoms with E-state index in [0.29, 0.717) is 17.4 Å². The number of hydrogen-bond acceptors (Lipinski definition) is 3. The van der Waals surface area contributed by atoms with Crippen LogP contribution in [-0.4, -0.2) is 35.5 Å². The number of fused-ring (bicyclic) bond motifs is 3. The molecule has 3 atom stereocenters. The Kier molecular flexibility index (Phi) is 5.68. The molecule has 0 saturated carbocycles. The van der Waals surface area contributed by atoms with Crippen LogP contribution in [0, 0.1) is 17.6 Å². The molecule has 1 aromatic heterocycles. The Bertz CT molecular complexity index is 1090. The molecule has 1 aliphatic heterocycles. The lowest BCUT2D eigenvalue weighted by Gasteiger charge is -2.42. The van der Waals surface area contributed by atoms with Crippen molar-refractivity contribution in [3.05, 3.63) is 69.3 Å². The number of carbonyl (C=O) groups is 1. The Morgan fingerprint density at radius 3 is 2.63 bits per heavy atom. The Morgan fingerprint density at radius 1 is 1.30 bits per heavy atom. The molecule has 0 fully saturated rings. The second-order valence-corrected chi connectivity index (χ2v) is 8.84. The van der Waals surface area contributed by atoms with Crippen LogP contribution in [0.5, 0.6) is 0 Å². The van der Waals surface area contributed by atoms with Crippen molar-refractivity contribution in [2.45, 2.75) is 32.4 Å². The predicted octanol–water partition coefficient (Wildman–Crippen LogP) is 5.35. The molecule has 0 radical (unpaired) electrons. The van der Waals surface area contributed by atoms with E-state index in [0.717, 1.165) is 22.2 Å². The van der Waals surface area contributed by atoms with E-state index in [4.69, 9.17) is 4.74 Å². The molecule has 2 heterocycles. The summed E-state index contributed by atoms with van der Waals surface area (Å²) in [5.41, 5.74) is 2.74. The van der Waals surface area contributed by atoms with E-state index in [9.17, 15) is 4.79 Å². The second-order valence-electron chi connectivity index (χ2n) is 7.92. The number of aromatic amines is 1. The maximum absolute atomic E-state index is 15.1. The summed E-state index contributed by atoms with van der Waals surface area (Å²) in [5.74, 6) is -2.03. The van der Waals surface area contributed by atoms with Gasteiger partial charge in [-0.15, -0.1) is 0 Å². The first-order chi connectivity index (χ1) is 14.3. The van der Waals surface area contributed by atoms with Gasteiger partial charge in [-0.25, -0.2) is 8.78 Å². The van der Waals surface area contributed by atoms with Crippen LogP contribution in [0.15, 0.2) is 40.9 Å². The third-order valence-corrected chi connectivity index (χ3v) is 6.38. The smallest absolute Gasteiger partial charge is 0.309 e. The van der Waals surface area contributed by atoms with Gasteiger partial charge in [-0.3, -0.25) is 9.69 Å². The van der Waals surface area contributed by atoms with E-state index < -0.39 is 23.6 Å². The van der Waals surface area contributed by atoms with Crippen molar-refractivity contribution < 1.29 is 18.3 Å². The van der Waals surface area contributed by atoms with E-state index in [1.807, 2.05) is 36.1 Å². The Morgan fingerprint density at radius 2 is 1.97 bits per heavy atom. The molecule has 30 heavy (non-hydrogen) atoms. The molecule has 2 aromatic carbocycles. The van der Waals surface area contributed by atoms with Crippen LogP contribution < -0.4 is 0 Å². The zero-order chi connectivity index (χ0) is 21.6. The third kappa shape index (κ3) is 3.54.